The monoisotopic (exact) mass is 484 g/mol. The molecule has 2 aromatic carbocycles. The second-order valence-corrected chi connectivity index (χ2v) is 8.91. The van der Waals surface area contributed by atoms with E-state index in [2.05, 4.69) is 18.3 Å². The number of hydrogen-bond acceptors (Lipinski definition) is 5. The van der Waals surface area contributed by atoms with Crippen molar-refractivity contribution in [2.45, 2.75) is 45.6 Å². The van der Waals surface area contributed by atoms with Gasteiger partial charge in [0.1, 0.15) is 23.1 Å². The van der Waals surface area contributed by atoms with E-state index in [9.17, 15) is 10.1 Å². The van der Waals surface area contributed by atoms with Crippen LogP contribution >= 0.6 is 0 Å². The van der Waals surface area contributed by atoms with Gasteiger partial charge in [-0.15, -0.1) is 0 Å². The number of aryl methyl sites for hydroxylation is 1. The fourth-order valence-corrected chi connectivity index (χ4v) is 4.15. The Morgan fingerprint density at radius 1 is 1.31 bits per heavy atom. The summed E-state index contributed by atoms with van der Waals surface area (Å²) < 4.78 is 13.2. The summed E-state index contributed by atoms with van der Waals surface area (Å²) in [5, 5.41) is 17.5. The maximum absolute atomic E-state index is 12.8. The second kappa shape index (κ2) is 12.2. The minimum absolute atomic E-state index is 0.00555. The van der Waals surface area contributed by atoms with Crippen molar-refractivity contribution >= 4 is 12.0 Å². The lowest BCUT2D eigenvalue weighted by atomic mass is 10.0. The van der Waals surface area contributed by atoms with Crippen LogP contribution in [-0.4, -0.2) is 41.6 Å². The second-order valence-electron chi connectivity index (χ2n) is 8.91. The van der Waals surface area contributed by atoms with Gasteiger partial charge in [0.15, 0.2) is 0 Å². The Kier molecular flexibility index (Phi) is 8.53. The first-order valence-electron chi connectivity index (χ1n) is 12.5. The lowest BCUT2D eigenvalue weighted by molar-refractivity contribution is -0.117. The maximum Gasteiger partial charge on any atom is 0.262 e. The molecule has 0 bridgehead atoms. The largest absolute Gasteiger partial charge is 0.494 e. The van der Waals surface area contributed by atoms with Gasteiger partial charge in [-0.2, -0.15) is 10.4 Å². The molecule has 3 aromatic rings. The average molecular weight is 485 g/mol. The third-order valence-electron chi connectivity index (χ3n) is 6.16. The normalized spacial score (nSPS) is 15.5. The zero-order valence-corrected chi connectivity index (χ0v) is 20.9. The molecule has 1 aliphatic heterocycles. The van der Waals surface area contributed by atoms with Crippen molar-refractivity contribution in [3.05, 3.63) is 71.4 Å². The first-order chi connectivity index (χ1) is 17.6. The molecular weight excluding hydrogens is 452 g/mol. The maximum atomic E-state index is 12.8. The number of carbonyl (C=O) groups is 1. The Hall–Kier alpha value is -3.89. The molecule has 1 fully saturated rings. The SMILES string of the molecule is CCCCOc1ccc(-c2nn(-c3ccccc3)cc2C=C(C#N)C(=O)NCC2CCCO2)c(C)c1. The number of aromatic nitrogens is 2. The zero-order valence-electron chi connectivity index (χ0n) is 20.9. The van der Waals surface area contributed by atoms with Gasteiger partial charge in [0.25, 0.3) is 5.91 Å². The quantitative estimate of drug-likeness (QED) is 0.242. The Labute approximate surface area is 212 Å². The van der Waals surface area contributed by atoms with Crippen LogP contribution in [0.15, 0.2) is 60.3 Å². The zero-order chi connectivity index (χ0) is 25.3. The van der Waals surface area contributed by atoms with Crippen LogP contribution in [0.25, 0.3) is 23.0 Å². The molecule has 1 atom stereocenters. The van der Waals surface area contributed by atoms with E-state index in [1.54, 1.807) is 10.8 Å². The van der Waals surface area contributed by atoms with Crippen molar-refractivity contribution in [3.63, 3.8) is 0 Å². The highest BCUT2D eigenvalue weighted by Gasteiger charge is 2.19. The highest BCUT2D eigenvalue weighted by atomic mass is 16.5. The fourth-order valence-electron chi connectivity index (χ4n) is 4.15. The van der Waals surface area contributed by atoms with Crippen molar-refractivity contribution in [2.24, 2.45) is 0 Å². The van der Waals surface area contributed by atoms with Crippen molar-refractivity contribution in [3.8, 4) is 28.8 Å². The number of benzene rings is 2. The molecular formula is C29H32N4O3. The van der Waals surface area contributed by atoms with Crippen molar-refractivity contribution in [1.82, 2.24) is 15.1 Å². The van der Waals surface area contributed by atoms with Gasteiger partial charge in [0.05, 0.1) is 18.4 Å². The molecule has 2 heterocycles. The van der Waals surface area contributed by atoms with Gasteiger partial charge in [-0.1, -0.05) is 31.5 Å². The number of nitriles is 1. The summed E-state index contributed by atoms with van der Waals surface area (Å²) in [4.78, 5) is 12.8. The standard InChI is InChI=1S/C29H32N4O3/c1-3-4-14-35-25-12-13-27(21(2)16-25)28-23(20-33(32-28)24-9-6-5-7-10-24)17-22(18-30)29(34)31-19-26-11-8-15-36-26/h5-7,9-10,12-13,16-17,20,26H,3-4,8,11,14-15,19H2,1-2H3,(H,31,34). The molecule has 7 heteroatoms. The number of amides is 1. The Bertz CT molecular complexity index is 1250. The van der Waals surface area contributed by atoms with Crippen LogP contribution in [0.5, 0.6) is 5.75 Å². The third kappa shape index (κ3) is 6.21. The van der Waals surface area contributed by atoms with E-state index in [1.807, 2.05) is 61.7 Å². The molecule has 1 unspecified atom stereocenters. The molecule has 0 saturated carbocycles. The molecule has 0 spiro atoms. The van der Waals surface area contributed by atoms with E-state index in [0.717, 1.165) is 48.2 Å². The molecule has 1 saturated heterocycles. The lowest BCUT2D eigenvalue weighted by Crippen LogP contribution is -2.32. The predicted octanol–water partition coefficient (Wildman–Crippen LogP) is 5.23. The topological polar surface area (TPSA) is 89.2 Å². The lowest BCUT2D eigenvalue weighted by Gasteiger charge is -2.10. The van der Waals surface area contributed by atoms with Crippen LogP contribution in [0, 0.1) is 18.3 Å². The number of nitrogens with zero attached hydrogens (tertiary/aromatic N) is 3. The van der Waals surface area contributed by atoms with E-state index in [0.29, 0.717) is 31.0 Å². The number of rotatable bonds is 10. The van der Waals surface area contributed by atoms with E-state index < -0.39 is 5.91 Å². The number of unbranched alkanes of at least 4 members (excludes halogenated alkanes) is 1. The highest BCUT2D eigenvalue weighted by Crippen LogP contribution is 2.31. The number of nitrogens with one attached hydrogen (secondary N) is 1. The van der Waals surface area contributed by atoms with Crippen molar-refractivity contribution in [1.29, 1.82) is 5.26 Å². The summed E-state index contributed by atoms with van der Waals surface area (Å²) in [5.74, 6) is 0.401. The molecule has 4 rings (SSSR count). The molecule has 0 radical (unpaired) electrons. The highest BCUT2D eigenvalue weighted by molar-refractivity contribution is 6.02. The van der Waals surface area contributed by atoms with Crippen LogP contribution in [0.4, 0.5) is 0 Å². The minimum Gasteiger partial charge on any atom is -0.494 e. The molecule has 36 heavy (non-hydrogen) atoms. The van der Waals surface area contributed by atoms with Gasteiger partial charge in [-0.3, -0.25) is 4.79 Å². The van der Waals surface area contributed by atoms with Gasteiger partial charge in [0, 0.05) is 30.5 Å². The van der Waals surface area contributed by atoms with Gasteiger partial charge < -0.3 is 14.8 Å². The molecule has 1 aromatic heterocycles. The molecule has 0 aliphatic carbocycles. The summed E-state index contributed by atoms with van der Waals surface area (Å²) >= 11 is 0. The average Bonchev–Trinajstić information content (AvgIpc) is 3.57. The van der Waals surface area contributed by atoms with E-state index in [4.69, 9.17) is 14.6 Å². The Morgan fingerprint density at radius 2 is 2.14 bits per heavy atom. The molecule has 7 nitrogen and oxygen atoms in total. The Balaban J connectivity index is 1.66. The van der Waals surface area contributed by atoms with Crippen LogP contribution in [0.2, 0.25) is 0 Å². The minimum atomic E-state index is -0.414. The summed E-state index contributed by atoms with van der Waals surface area (Å²) in [6.45, 7) is 5.93. The summed E-state index contributed by atoms with van der Waals surface area (Å²) in [6.07, 6.45) is 7.45. The van der Waals surface area contributed by atoms with E-state index in [1.165, 1.54) is 0 Å². The van der Waals surface area contributed by atoms with Gasteiger partial charge in [0.2, 0.25) is 0 Å². The first kappa shape index (κ1) is 25.2. The number of para-hydroxylation sites is 1. The molecule has 1 aliphatic rings. The number of ether oxygens (including phenoxy) is 2. The molecule has 1 amide bonds. The van der Waals surface area contributed by atoms with Crippen LogP contribution in [0.3, 0.4) is 0 Å². The van der Waals surface area contributed by atoms with Crippen molar-refractivity contribution in [2.75, 3.05) is 19.8 Å². The summed E-state index contributed by atoms with van der Waals surface area (Å²) in [7, 11) is 0. The fraction of sp³-hybridized carbons (Fsp3) is 0.345. The molecule has 1 N–H and O–H groups in total. The summed E-state index contributed by atoms with van der Waals surface area (Å²) in [6, 6.07) is 17.7. The van der Waals surface area contributed by atoms with Gasteiger partial charge in [-0.05, 0) is 68.2 Å². The van der Waals surface area contributed by atoms with Crippen LogP contribution < -0.4 is 10.1 Å². The van der Waals surface area contributed by atoms with E-state index >= 15 is 0 Å². The predicted molar refractivity (Wildman–Crippen MR) is 140 cm³/mol. The number of hydrogen-bond donors (Lipinski definition) is 1. The first-order valence-corrected chi connectivity index (χ1v) is 12.5. The molecule has 186 valence electrons. The third-order valence-corrected chi connectivity index (χ3v) is 6.16. The Morgan fingerprint density at radius 3 is 2.83 bits per heavy atom. The van der Waals surface area contributed by atoms with Crippen LogP contribution in [0.1, 0.15) is 43.7 Å². The smallest absolute Gasteiger partial charge is 0.262 e. The van der Waals surface area contributed by atoms with Gasteiger partial charge in [-0.25, -0.2) is 4.68 Å². The summed E-state index contributed by atoms with van der Waals surface area (Å²) in [5.41, 5.74) is 4.20. The number of carbonyl (C=O) groups excluding carboxylic acids is 1. The van der Waals surface area contributed by atoms with Crippen molar-refractivity contribution < 1.29 is 14.3 Å². The van der Waals surface area contributed by atoms with E-state index in [-0.39, 0.29) is 11.7 Å². The van der Waals surface area contributed by atoms with Gasteiger partial charge >= 0.3 is 0 Å². The van der Waals surface area contributed by atoms with Crippen LogP contribution in [-0.2, 0) is 9.53 Å².